The first-order valence-corrected chi connectivity index (χ1v) is 6.75. The smallest absolute Gasteiger partial charge is 0.152 e. The van der Waals surface area contributed by atoms with Gasteiger partial charge >= 0.3 is 51.4 Å². The molecule has 0 saturated heterocycles. The summed E-state index contributed by atoms with van der Waals surface area (Å²) in [6.45, 7) is 8.83. The van der Waals surface area contributed by atoms with Crippen molar-refractivity contribution in [1.82, 2.24) is 0 Å². The Bertz CT molecular complexity index is 276. The van der Waals surface area contributed by atoms with Gasteiger partial charge in [0.2, 0.25) is 0 Å². The quantitative estimate of drug-likeness (QED) is 0.521. The van der Waals surface area contributed by atoms with Gasteiger partial charge in [0, 0.05) is 11.5 Å². The molecule has 0 amide bonds. The monoisotopic (exact) mass is 246 g/mol. The van der Waals surface area contributed by atoms with Crippen molar-refractivity contribution in [2.75, 3.05) is 5.75 Å². The Balaban J connectivity index is 0.000000853. The third-order valence-corrected chi connectivity index (χ3v) is 6.85. The van der Waals surface area contributed by atoms with Crippen molar-refractivity contribution in [3.05, 3.63) is 18.4 Å². The van der Waals surface area contributed by atoms with Gasteiger partial charge < -0.3 is 0 Å². The maximum atomic E-state index is 3.75. The minimum Gasteiger partial charge on any atom is -0.152 e. The molecule has 0 aliphatic heterocycles. The van der Waals surface area contributed by atoms with Gasteiger partial charge in [0.15, 0.2) is 0 Å². The van der Waals surface area contributed by atoms with Crippen LogP contribution in [-0.4, -0.2) is 5.75 Å². The van der Waals surface area contributed by atoms with Crippen molar-refractivity contribution in [2.24, 2.45) is 28.6 Å². The van der Waals surface area contributed by atoms with Crippen LogP contribution in [-0.2, 0) is 0 Å². The van der Waals surface area contributed by atoms with E-state index in [1.165, 1.54) is 18.6 Å². The van der Waals surface area contributed by atoms with E-state index >= 15 is 0 Å². The zero-order valence-electron chi connectivity index (χ0n) is 10.1. The molecule has 4 fully saturated rings. The summed E-state index contributed by atoms with van der Waals surface area (Å²) in [5, 5.41) is 0. The molecule has 0 aromatic heterocycles. The van der Waals surface area contributed by atoms with Crippen molar-refractivity contribution in [1.29, 1.82) is 0 Å². The molecule has 4 bridgehead atoms. The molecule has 2 unspecified atom stereocenters. The summed E-state index contributed by atoms with van der Waals surface area (Å²) in [5.74, 6) is 6.70. The van der Waals surface area contributed by atoms with E-state index < -0.39 is 0 Å². The fourth-order valence-electron chi connectivity index (χ4n) is 4.60. The van der Waals surface area contributed by atoms with Gasteiger partial charge in [-0.05, 0) is 41.4 Å². The molecule has 0 aromatic carbocycles. The van der Waals surface area contributed by atoms with Crippen LogP contribution in [0.25, 0.3) is 0 Å². The third kappa shape index (κ3) is 1.48. The number of rotatable bonds is 4. The number of hydrogen-bond donors (Lipinski definition) is 0. The van der Waals surface area contributed by atoms with Crippen LogP contribution in [0.15, 0.2) is 12.7 Å². The van der Waals surface area contributed by atoms with Gasteiger partial charge in [-0.15, -0.1) is 6.58 Å². The average Bonchev–Trinajstić information content (AvgIpc) is 2.56. The van der Waals surface area contributed by atoms with E-state index in [1.807, 2.05) is 17.8 Å². The normalized spacial score (nSPS) is 53.9. The van der Waals surface area contributed by atoms with E-state index in [4.69, 9.17) is 0 Å². The zero-order chi connectivity index (χ0) is 9.97. The summed E-state index contributed by atoms with van der Waals surface area (Å²) in [4.78, 5) is 0. The van der Waals surface area contributed by atoms with E-state index in [-0.39, 0.29) is 51.4 Å². The van der Waals surface area contributed by atoms with Crippen LogP contribution in [0, 0.1) is 34.3 Å². The standard InChI is InChI=1S/C13H19S.K/c1-4-5-14-8-12(2)9-6-10-11(7-9)13(10,12)3;/h4-5,9-11H,1,6-8H2,2-3H3;/q;+1/t9?,10-,11+,12-,13?;/m1./s1. The minimum atomic E-state index is 0. The molecule has 4 aliphatic rings. The summed E-state index contributed by atoms with van der Waals surface area (Å²) in [6, 6.07) is 0. The predicted molar refractivity (Wildman–Crippen MR) is 62.9 cm³/mol. The van der Waals surface area contributed by atoms with Gasteiger partial charge in [-0.3, -0.25) is 0 Å². The van der Waals surface area contributed by atoms with Gasteiger partial charge in [0.25, 0.3) is 0 Å². The largest absolute Gasteiger partial charge is 1.00 e. The van der Waals surface area contributed by atoms with Crippen LogP contribution in [0.1, 0.15) is 26.7 Å². The van der Waals surface area contributed by atoms with E-state index in [9.17, 15) is 0 Å². The van der Waals surface area contributed by atoms with Crippen LogP contribution in [0.5, 0.6) is 0 Å². The van der Waals surface area contributed by atoms with Crippen molar-refractivity contribution in [2.45, 2.75) is 26.7 Å². The predicted octanol–water partition coefficient (Wildman–Crippen LogP) is 0.754. The third-order valence-electron chi connectivity index (χ3n) is 5.70. The first kappa shape index (κ1) is 13.2. The average molecular weight is 246 g/mol. The SMILES string of the molecule is C=C[CH]SC[C@]1(C)C2C[C@@H]3[C@H](C2)C31C.[K+]. The maximum Gasteiger partial charge on any atom is 1.00 e. The second-order valence-corrected chi connectivity index (χ2v) is 6.66. The molecule has 5 atom stereocenters. The number of hydrogen-bond acceptors (Lipinski definition) is 1. The Morgan fingerprint density at radius 2 is 1.93 bits per heavy atom. The zero-order valence-corrected chi connectivity index (χ0v) is 14.1. The molecule has 4 saturated carbocycles. The maximum absolute atomic E-state index is 3.75. The van der Waals surface area contributed by atoms with Gasteiger partial charge in [-0.1, -0.05) is 19.9 Å². The van der Waals surface area contributed by atoms with Crippen LogP contribution >= 0.6 is 11.8 Å². The second-order valence-electron chi connectivity index (χ2n) is 5.76. The van der Waals surface area contributed by atoms with Crippen molar-refractivity contribution in [3.8, 4) is 0 Å². The van der Waals surface area contributed by atoms with E-state index in [1.54, 1.807) is 0 Å². The fraction of sp³-hybridized carbons (Fsp3) is 0.769. The van der Waals surface area contributed by atoms with Crippen LogP contribution in [0.4, 0.5) is 0 Å². The second kappa shape index (κ2) is 4.13. The molecule has 4 rings (SSSR count). The Morgan fingerprint density at radius 1 is 1.33 bits per heavy atom. The molecule has 2 heteroatoms. The van der Waals surface area contributed by atoms with Crippen LogP contribution in [0.2, 0.25) is 0 Å². The molecule has 0 aromatic rings. The van der Waals surface area contributed by atoms with E-state index in [2.05, 4.69) is 26.2 Å². The molecular formula is C13H19KS+. The molecule has 0 nitrogen and oxygen atoms in total. The van der Waals surface area contributed by atoms with Crippen LogP contribution < -0.4 is 51.4 Å². The first-order chi connectivity index (χ1) is 6.64. The fourth-order valence-corrected chi connectivity index (χ4v) is 5.72. The number of thioether (sulfide) groups is 1. The Kier molecular flexibility index (Phi) is 3.63. The molecule has 0 heterocycles. The summed E-state index contributed by atoms with van der Waals surface area (Å²) < 4.78 is 0. The van der Waals surface area contributed by atoms with Gasteiger partial charge in [-0.25, -0.2) is 0 Å². The Morgan fingerprint density at radius 3 is 2.33 bits per heavy atom. The Labute approximate surface area is 140 Å². The Hall–Kier alpha value is 1.73. The van der Waals surface area contributed by atoms with E-state index in [0.717, 1.165) is 23.2 Å². The van der Waals surface area contributed by atoms with Crippen molar-refractivity contribution in [3.63, 3.8) is 0 Å². The molecule has 1 radical (unpaired) electrons. The molecule has 77 valence electrons. The van der Waals surface area contributed by atoms with Crippen molar-refractivity contribution < 1.29 is 51.4 Å². The summed E-state index contributed by atoms with van der Waals surface area (Å²) in [6.07, 6.45) is 4.98. The van der Waals surface area contributed by atoms with Crippen LogP contribution in [0.3, 0.4) is 0 Å². The molecule has 15 heavy (non-hydrogen) atoms. The summed E-state index contributed by atoms with van der Waals surface area (Å²) >= 11 is 1.97. The summed E-state index contributed by atoms with van der Waals surface area (Å²) in [7, 11) is 0. The molecular weight excluding hydrogens is 227 g/mol. The molecule has 4 aliphatic carbocycles. The van der Waals surface area contributed by atoms with Gasteiger partial charge in [0.1, 0.15) is 0 Å². The molecule has 0 spiro atoms. The van der Waals surface area contributed by atoms with Crippen molar-refractivity contribution >= 4 is 11.8 Å². The topological polar surface area (TPSA) is 0 Å². The minimum absolute atomic E-state index is 0. The summed E-state index contributed by atoms with van der Waals surface area (Å²) in [5.41, 5.74) is 1.35. The molecule has 0 N–H and O–H groups in total. The van der Waals surface area contributed by atoms with E-state index in [0.29, 0.717) is 5.41 Å². The first-order valence-electron chi connectivity index (χ1n) is 5.70. The van der Waals surface area contributed by atoms with Gasteiger partial charge in [0.05, 0.1) is 0 Å². The van der Waals surface area contributed by atoms with Gasteiger partial charge in [-0.2, -0.15) is 11.8 Å².